The third-order valence-corrected chi connectivity index (χ3v) is 6.56. The van der Waals surface area contributed by atoms with Crippen molar-refractivity contribution in [1.29, 1.82) is 0 Å². The van der Waals surface area contributed by atoms with Crippen LogP contribution in [0.25, 0.3) is 0 Å². The average molecular weight is 326 g/mol. The summed E-state index contributed by atoms with van der Waals surface area (Å²) in [5.41, 5.74) is 0. The van der Waals surface area contributed by atoms with Gasteiger partial charge in [-0.2, -0.15) is 0 Å². The Hall–Kier alpha value is 0.907. The number of halogens is 1. The Kier molecular flexibility index (Phi) is 4.91. The van der Waals surface area contributed by atoms with Crippen LogP contribution in [0.4, 0.5) is 0 Å². The molecular weight excluding hydrogens is 303 g/mol. The molecule has 0 radical (unpaired) electrons. The lowest BCUT2D eigenvalue weighted by Gasteiger charge is -2.30. The molecule has 0 amide bonds. The summed E-state index contributed by atoms with van der Waals surface area (Å²) in [6.45, 7) is 9.35. The second kappa shape index (κ2) is 5.30. The average Bonchev–Trinajstić information content (AvgIpc) is 2.89. The molecule has 0 aromatic heterocycles. The summed E-state index contributed by atoms with van der Waals surface area (Å²) in [5.74, 6) is 1.66. The summed E-state index contributed by atoms with van der Waals surface area (Å²) in [6, 6.07) is 0. The Bertz CT molecular complexity index is 178. The Morgan fingerprint density at radius 1 is 1.43 bits per heavy atom. The van der Waals surface area contributed by atoms with E-state index in [-0.39, 0.29) is 9.76 Å². The minimum absolute atomic E-state index is 0.374. The van der Waals surface area contributed by atoms with Crippen LogP contribution in [0.2, 0.25) is 5.04 Å². The SMILES string of the molecule is CC(C)C(C)(C)[SiH2]O[C@H](CI)C1CC1. The zero-order chi connectivity index (χ0) is 10.8. The van der Waals surface area contributed by atoms with E-state index in [9.17, 15) is 0 Å². The van der Waals surface area contributed by atoms with Crippen molar-refractivity contribution in [3.8, 4) is 0 Å². The summed E-state index contributed by atoms with van der Waals surface area (Å²) in [5, 5.41) is 0.457. The van der Waals surface area contributed by atoms with Gasteiger partial charge in [-0.05, 0) is 29.7 Å². The third-order valence-electron chi connectivity index (χ3n) is 3.53. The van der Waals surface area contributed by atoms with Gasteiger partial charge in [0.1, 0.15) is 0 Å². The monoisotopic (exact) mass is 326 g/mol. The second-order valence-corrected chi connectivity index (χ2v) is 8.81. The van der Waals surface area contributed by atoms with Crippen LogP contribution in [0, 0.1) is 11.8 Å². The van der Waals surface area contributed by atoms with Crippen molar-refractivity contribution in [3.05, 3.63) is 0 Å². The van der Waals surface area contributed by atoms with Crippen LogP contribution in [-0.4, -0.2) is 20.3 Å². The van der Waals surface area contributed by atoms with E-state index in [1.807, 2.05) is 0 Å². The first-order valence-corrected chi connectivity index (χ1v) is 8.46. The van der Waals surface area contributed by atoms with E-state index < -0.39 is 0 Å². The van der Waals surface area contributed by atoms with E-state index >= 15 is 0 Å². The summed E-state index contributed by atoms with van der Waals surface area (Å²) >= 11 is 2.47. The highest BCUT2D eigenvalue weighted by molar-refractivity contribution is 14.1. The normalized spacial score (nSPS) is 21.0. The topological polar surface area (TPSA) is 9.23 Å². The molecule has 1 saturated carbocycles. The fraction of sp³-hybridized carbons (Fsp3) is 1.00. The lowest BCUT2D eigenvalue weighted by molar-refractivity contribution is 0.200. The van der Waals surface area contributed by atoms with Crippen LogP contribution in [-0.2, 0) is 4.43 Å². The summed E-state index contributed by atoms with van der Waals surface area (Å²) in [7, 11) is -0.374. The van der Waals surface area contributed by atoms with Crippen LogP contribution in [0.3, 0.4) is 0 Å². The Balaban J connectivity index is 2.30. The van der Waals surface area contributed by atoms with E-state index in [1.165, 1.54) is 17.3 Å². The molecule has 0 bridgehead atoms. The van der Waals surface area contributed by atoms with Gasteiger partial charge in [-0.15, -0.1) is 0 Å². The Morgan fingerprint density at radius 3 is 2.36 bits per heavy atom. The summed E-state index contributed by atoms with van der Waals surface area (Å²) < 4.78 is 7.36. The molecule has 1 rings (SSSR count). The number of rotatable bonds is 6. The number of hydrogen-bond donors (Lipinski definition) is 0. The first-order valence-electron chi connectivity index (χ1n) is 5.65. The van der Waals surface area contributed by atoms with Crippen molar-refractivity contribution in [2.75, 3.05) is 4.43 Å². The van der Waals surface area contributed by atoms with Crippen LogP contribution in [0.1, 0.15) is 40.5 Å². The van der Waals surface area contributed by atoms with Gasteiger partial charge in [0.25, 0.3) is 0 Å². The highest BCUT2D eigenvalue weighted by atomic mass is 127. The maximum absolute atomic E-state index is 6.17. The van der Waals surface area contributed by atoms with Gasteiger partial charge in [0.2, 0.25) is 0 Å². The van der Waals surface area contributed by atoms with E-state index in [2.05, 4.69) is 50.3 Å². The molecule has 1 nitrogen and oxygen atoms in total. The predicted molar refractivity (Wildman–Crippen MR) is 73.9 cm³/mol. The highest BCUT2D eigenvalue weighted by Crippen LogP contribution is 2.38. The van der Waals surface area contributed by atoms with Crippen molar-refractivity contribution in [1.82, 2.24) is 0 Å². The summed E-state index contributed by atoms with van der Waals surface area (Å²) in [4.78, 5) is 0. The molecule has 1 atom stereocenters. The molecule has 1 aliphatic carbocycles. The molecule has 3 heteroatoms. The molecule has 0 unspecified atom stereocenters. The van der Waals surface area contributed by atoms with Gasteiger partial charge < -0.3 is 4.43 Å². The molecular formula is C11H23IOSi. The number of alkyl halides is 1. The molecule has 1 fully saturated rings. The molecule has 0 aromatic rings. The maximum atomic E-state index is 6.17. The van der Waals surface area contributed by atoms with Crippen molar-refractivity contribution >= 4 is 32.4 Å². The minimum Gasteiger partial charge on any atom is -0.419 e. The predicted octanol–water partition coefficient (Wildman–Crippen LogP) is 3.15. The van der Waals surface area contributed by atoms with E-state index in [0.717, 1.165) is 11.8 Å². The maximum Gasteiger partial charge on any atom is 0.167 e. The standard InChI is InChI=1S/C11H23IOSi/c1-8(2)11(3,4)14-13-10(7-12)9-5-6-9/h8-10H,5-7,14H2,1-4H3/t10-/m1/s1. The lowest BCUT2D eigenvalue weighted by atomic mass is 9.99. The largest absolute Gasteiger partial charge is 0.419 e. The van der Waals surface area contributed by atoms with E-state index in [1.54, 1.807) is 0 Å². The molecule has 0 spiro atoms. The van der Waals surface area contributed by atoms with Crippen LogP contribution < -0.4 is 0 Å². The zero-order valence-electron chi connectivity index (χ0n) is 9.85. The number of hydrogen-bond acceptors (Lipinski definition) is 1. The van der Waals surface area contributed by atoms with Crippen LogP contribution in [0.5, 0.6) is 0 Å². The fourth-order valence-electron chi connectivity index (χ4n) is 1.26. The van der Waals surface area contributed by atoms with E-state index in [0.29, 0.717) is 11.1 Å². The molecule has 0 heterocycles. The summed E-state index contributed by atoms with van der Waals surface area (Å²) in [6.07, 6.45) is 3.40. The van der Waals surface area contributed by atoms with Gasteiger partial charge in [0, 0.05) is 4.43 Å². The van der Waals surface area contributed by atoms with Gasteiger partial charge in [0.05, 0.1) is 6.10 Å². The molecule has 0 N–H and O–H groups in total. The van der Waals surface area contributed by atoms with Crippen LogP contribution >= 0.6 is 22.6 Å². The van der Waals surface area contributed by atoms with Crippen molar-refractivity contribution < 1.29 is 4.43 Å². The molecule has 0 saturated heterocycles. The van der Waals surface area contributed by atoms with Gasteiger partial charge in [-0.1, -0.05) is 50.3 Å². The van der Waals surface area contributed by atoms with Gasteiger partial charge >= 0.3 is 0 Å². The Labute approximate surface area is 104 Å². The van der Waals surface area contributed by atoms with Crippen molar-refractivity contribution in [2.24, 2.45) is 11.8 Å². The molecule has 0 aromatic carbocycles. The minimum atomic E-state index is -0.374. The van der Waals surface area contributed by atoms with Crippen LogP contribution in [0.15, 0.2) is 0 Å². The second-order valence-electron chi connectivity index (χ2n) is 5.48. The zero-order valence-corrected chi connectivity index (χ0v) is 13.4. The van der Waals surface area contributed by atoms with Gasteiger partial charge in [0.15, 0.2) is 9.76 Å². The fourth-order valence-corrected chi connectivity index (χ4v) is 4.08. The first kappa shape index (κ1) is 13.0. The Morgan fingerprint density at radius 2 is 2.00 bits per heavy atom. The molecule has 14 heavy (non-hydrogen) atoms. The highest BCUT2D eigenvalue weighted by Gasteiger charge is 2.33. The van der Waals surface area contributed by atoms with E-state index in [4.69, 9.17) is 4.43 Å². The molecule has 1 aliphatic rings. The smallest absolute Gasteiger partial charge is 0.167 e. The molecule has 0 aliphatic heterocycles. The molecule has 84 valence electrons. The lowest BCUT2D eigenvalue weighted by Crippen LogP contribution is -2.28. The first-order chi connectivity index (χ1) is 6.47. The van der Waals surface area contributed by atoms with Crippen molar-refractivity contribution in [2.45, 2.75) is 51.7 Å². The third kappa shape index (κ3) is 3.81. The van der Waals surface area contributed by atoms with Gasteiger partial charge in [-0.25, -0.2) is 0 Å². The quantitative estimate of drug-likeness (QED) is 0.414. The van der Waals surface area contributed by atoms with Crippen molar-refractivity contribution in [3.63, 3.8) is 0 Å². The van der Waals surface area contributed by atoms with Gasteiger partial charge in [-0.3, -0.25) is 0 Å².